The Hall–Kier alpha value is -0.710. The maximum atomic E-state index is 12.5. The van der Waals surface area contributed by atoms with E-state index in [1.807, 2.05) is 0 Å². The van der Waals surface area contributed by atoms with Gasteiger partial charge in [0.1, 0.15) is 3.70 Å². The number of hydrogen-bond acceptors (Lipinski definition) is 3. The second-order valence-electron chi connectivity index (χ2n) is 2.82. The van der Waals surface area contributed by atoms with Crippen molar-refractivity contribution < 1.29 is 31.8 Å². The van der Waals surface area contributed by atoms with Crippen molar-refractivity contribution in [2.75, 3.05) is 0 Å². The van der Waals surface area contributed by atoms with Crippen LogP contribution in [0.5, 0.6) is 5.75 Å². The summed E-state index contributed by atoms with van der Waals surface area (Å²) >= 11 is 1.40. The molecular formula is C8H5F5INO2. The normalized spacial score (nSPS) is 12.0. The maximum Gasteiger partial charge on any atom is 0.573 e. The molecule has 0 fully saturated rings. The highest BCUT2D eigenvalue weighted by atomic mass is 127. The third kappa shape index (κ3) is 3.63. The van der Waals surface area contributed by atoms with Crippen LogP contribution in [0.4, 0.5) is 22.0 Å². The van der Waals surface area contributed by atoms with Crippen molar-refractivity contribution in [1.29, 1.82) is 0 Å². The summed E-state index contributed by atoms with van der Waals surface area (Å²) in [4.78, 5) is 3.36. The molecule has 0 aliphatic carbocycles. The van der Waals surface area contributed by atoms with Gasteiger partial charge in [0.2, 0.25) is 0 Å². The summed E-state index contributed by atoms with van der Waals surface area (Å²) in [6.07, 6.45) is -7.37. The zero-order valence-corrected chi connectivity index (χ0v) is 10.1. The van der Waals surface area contributed by atoms with E-state index in [0.29, 0.717) is 6.20 Å². The molecular weight excluding hydrogens is 364 g/mol. The van der Waals surface area contributed by atoms with E-state index < -0.39 is 36.3 Å². The fraction of sp³-hybridized carbons (Fsp3) is 0.375. The maximum absolute atomic E-state index is 12.5. The van der Waals surface area contributed by atoms with Crippen LogP contribution in [0.1, 0.15) is 17.6 Å². The molecule has 1 N–H and O–H groups in total. The SMILES string of the molecule is OCc1c(C(F)F)cnc(I)c1OC(F)(F)F. The highest BCUT2D eigenvalue weighted by Gasteiger charge is 2.34. The minimum Gasteiger partial charge on any atom is -0.403 e. The second-order valence-corrected chi connectivity index (χ2v) is 3.84. The van der Waals surface area contributed by atoms with Crippen molar-refractivity contribution in [3.05, 3.63) is 21.0 Å². The zero-order chi connectivity index (χ0) is 13.2. The molecule has 1 aromatic rings. The van der Waals surface area contributed by atoms with Gasteiger partial charge < -0.3 is 9.84 Å². The molecule has 0 radical (unpaired) electrons. The Morgan fingerprint density at radius 3 is 2.41 bits per heavy atom. The summed E-state index contributed by atoms with van der Waals surface area (Å²) in [7, 11) is 0. The molecule has 1 aromatic heterocycles. The van der Waals surface area contributed by atoms with Crippen molar-refractivity contribution in [1.82, 2.24) is 4.98 Å². The summed E-state index contributed by atoms with van der Waals surface area (Å²) in [6, 6.07) is 0. The Kier molecular flexibility index (Phi) is 4.47. The standard InChI is InChI=1S/C8H5F5INO2/c9-6(10)3-1-15-7(14)5(4(3)2-16)17-8(11,12)13/h1,6,16H,2H2. The number of aliphatic hydroxyl groups is 1. The van der Waals surface area contributed by atoms with Crippen LogP contribution in [0.2, 0.25) is 0 Å². The average Bonchev–Trinajstić information content (AvgIpc) is 2.18. The van der Waals surface area contributed by atoms with Crippen molar-refractivity contribution in [2.24, 2.45) is 0 Å². The minimum atomic E-state index is -5.04. The van der Waals surface area contributed by atoms with E-state index in [2.05, 4.69) is 9.72 Å². The molecule has 0 spiro atoms. The number of hydrogen-bond donors (Lipinski definition) is 1. The third-order valence-electron chi connectivity index (χ3n) is 1.74. The number of alkyl halides is 5. The Morgan fingerprint density at radius 1 is 1.41 bits per heavy atom. The molecule has 0 saturated heterocycles. The van der Waals surface area contributed by atoms with Gasteiger partial charge in [-0.1, -0.05) is 0 Å². The molecule has 0 unspecified atom stereocenters. The number of ether oxygens (including phenoxy) is 1. The molecule has 1 rings (SSSR count). The van der Waals surface area contributed by atoms with Crippen LogP contribution in [0.15, 0.2) is 6.20 Å². The van der Waals surface area contributed by atoms with Crippen LogP contribution < -0.4 is 4.74 Å². The summed E-state index contributed by atoms with van der Waals surface area (Å²) in [5.41, 5.74) is -1.40. The van der Waals surface area contributed by atoms with Crippen molar-refractivity contribution in [3.8, 4) is 5.75 Å². The highest BCUT2D eigenvalue weighted by Crippen LogP contribution is 2.35. The Bertz CT molecular complexity index is 410. The number of aliphatic hydroxyl groups excluding tert-OH is 1. The number of pyridine rings is 1. The minimum absolute atomic E-state index is 0.256. The van der Waals surface area contributed by atoms with E-state index in [-0.39, 0.29) is 3.70 Å². The van der Waals surface area contributed by atoms with Crippen molar-refractivity contribution in [3.63, 3.8) is 0 Å². The van der Waals surface area contributed by atoms with Gasteiger partial charge in [-0.2, -0.15) is 0 Å². The van der Waals surface area contributed by atoms with Crippen LogP contribution in [-0.4, -0.2) is 16.5 Å². The Morgan fingerprint density at radius 2 is 2.00 bits per heavy atom. The first kappa shape index (κ1) is 14.4. The predicted octanol–water partition coefficient (Wildman–Crippen LogP) is 3.01. The lowest BCUT2D eigenvalue weighted by molar-refractivity contribution is -0.275. The van der Waals surface area contributed by atoms with Crippen LogP contribution in [0.3, 0.4) is 0 Å². The topological polar surface area (TPSA) is 42.4 Å². The molecule has 0 bridgehead atoms. The summed E-state index contributed by atoms with van der Waals surface area (Å²) in [5, 5.41) is 8.86. The van der Waals surface area contributed by atoms with E-state index in [0.717, 1.165) is 0 Å². The first-order valence-corrected chi connectivity index (χ1v) is 5.16. The van der Waals surface area contributed by atoms with E-state index in [1.54, 1.807) is 0 Å². The van der Waals surface area contributed by atoms with Crippen LogP contribution in [-0.2, 0) is 6.61 Å². The van der Waals surface area contributed by atoms with Gasteiger partial charge in [-0.15, -0.1) is 13.2 Å². The lowest BCUT2D eigenvalue weighted by Gasteiger charge is -2.15. The van der Waals surface area contributed by atoms with Gasteiger partial charge >= 0.3 is 6.36 Å². The quantitative estimate of drug-likeness (QED) is 0.506. The summed E-state index contributed by atoms with van der Waals surface area (Å²) in [6.45, 7) is -0.996. The fourth-order valence-corrected chi connectivity index (χ4v) is 1.66. The van der Waals surface area contributed by atoms with Gasteiger partial charge in [0.25, 0.3) is 6.43 Å². The molecule has 3 nitrogen and oxygen atoms in total. The smallest absolute Gasteiger partial charge is 0.403 e. The van der Waals surface area contributed by atoms with E-state index in [4.69, 9.17) is 5.11 Å². The first-order chi connectivity index (χ1) is 7.76. The molecule has 17 heavy (non-hydrogen) atoms. The molecule has 0 atom stereocenters. The van der Waals surface area contributed by atoms with Crippen LogP contribution in [0, 0.1) is 3.70 Å². The van der Waals surface area contributed by atoms with Crippen molar-refractivity contribution in [2.45, 2.75) is 19.4 Å². The van der Waals surface area contributed by atoms with Crippen LogP contribution >= 0.6 is 22.6 Å². The summed E-state index contributed by atoms with van der Waals surface area (Å²) < 4.78 is 64.4. The molecule has 0 aromatic carbocycles. The molecule has 0 aliphatic heterocycles. The fourth-order valence-electron chi connectivity index (χ4n) is 1.09. The van der Waals surface area contributed by atoms with Gasteiger partial charge in [0, 0.05) is 17.3 Å². The zero-order valence-electron chi connectivity index (χ0n) is 7.93. The second kappa shape index (κ2) is 5.29. The molecule has 0 amide bonds. The molecule has 1 heterocycles. The molecule has 0 saturated carbocycles. The largest absolute Gasteiger partial charge is 0.573 e. The van der Waals surface area contributed by atoms with Gasteiger partial charge in [-0.25, -0.2) is 13.8 Å². The number of aromatic nitrogens is 1. The number of nitrogens with zero attached hydrogens (tertiary/aromatic N) is 1. The number of halogens is 6. The van der Waals surface area contributed by atoms with E-state index in [1.165, 1.54) is 22.6 Å². The Balaban J connectivity index is 3.30. The molecule has 9 heteroatoms. The van der Waals surface area contributed by atoms with Gasteiger partial charge in [0.05, 0.1) is 6.61 Å². The van der Waals surface area contributed by atoms with Gasteiger partial charge in [0.15, 0.2) is 5.75 Å². The van der Waals surface area contributed by atoms with E-state index in [9.17, 15) is 22.0 Å². The third-order valence-corrected chi connectivity index (χ3v) is 2.51. The Labute approximate surface area is 106 Å². The molecule has 96 valence electrons. The monoisotopic (exact) mass is 369 g/mol. The van der Waals surface area contributed by atoms with Crippen LogP contribution in [0.25, 0.3) is 0 Å². The number of rotatable bonds is 3. The van der Waals surface area contributed by atoms with E-state index >= 15 is 0 Å². The first-order valence-electron chi connectivity index (χ1n) is 4.08. The van der Waals surface area contributed by atoms with Crippen molar-refractivity contribution >= 4 is 22.6 Å². The molecule has 0 aliphatic rings. The van der Waals surface area contributed by atoms with Gasteiger partial charge in [-0.3, -0.25) is 0 Å². The average molecular weight is 369 g/mol. The lowest BCUT2D eigenvalue weighted by atomic mass is 10.1. The highest BCUT2D eigenvalue weighted by molar-refractivity contribution is 14.1. The predicted molar refractivity (Wildman–Crippen MR) is 54.5 cm³/mol. The summed E-state index contributed by atoms with van der Waals surface area (Å²) in [5.74, 6) is -0.890. The van der Waals surface area contributed by atoms with Gasteiger partial charge in [-0.05, 0) is 22.6 Å². The lowest BCUT2D eigenvalue weighted by Crippen LogP contribution is -2.20.